The van der Waals surface area contributed by atoms with Gasteiger partial charge in [0.25, 0.3) is 5.91 Å². The summed E-state index contributed by atoms with van der Waals surface area (Å²) in [4.78, 5) is 28.5. The number of amides is 2. The van der Waals surface area contributed by atoms with E-state index < -0.39 is 6.10 Å². The summed E-state index contributed by atoms with van der Waals surface area (Å²) in [5, 5.41) is 13.2. The van der Waals surface area contributed by atoms with Crippen LogP contribution in [0.5, 0.6) is 0 Å². The number of piperidine rings is 1. The van der Waals surface area contributed by atoms with Gasteiger partial charge in [0.2, 0.25) is 5.91 Å². The van der Waals surface area contributed by atoms with Gasteiger partial charge in [-0.25, -0.2) is 0 Å². The van der Waals surface area contributed by atoms with E-state index in [9.17, 15) is 14.7 Å². The molecule has 2 fully saturated rings. The summed E-state index contributed by atoms with van der Waals surface area (Å²) in [7, 11) is 0. The predicted octanol–water partition coefficient (Wildman–Crippen LogP) is 1.34. The van der Waals surface area contributed by atoms with Crippen molar-refractivity contribution >= 4 is 29.3 Å². The normalized spacial score (nSPS) is 24.1. The Labute approximate surface area is 158 Å². The van der Waals surface area contributed by atoms with Crippen molar-refractivity contribution in [1.29, 1.82) is 0 Å². The highest BCUT2D eigenvalue weighted by atomic mass is 32.2. The first-order chi connectivity index (χ1) is 12.6. The molecule has 1 aromatic carbocycles. The molecule has 6 nitrogen and oxygen atoms in total. The molecule has 3 rings (SSSR count). The Morgan fingerprint density at radius 2 is 2.23 bits per heavy atom. The van der Waals surface area contributed by atoms with Gasteiger partial charge in [-0.1, -0.05) is 6.07 Å². The van der Waals surface area contributed by atoms with E-state index in [-0.39, 0.29) is 17.9 Å². The third-order valence-corrected chi connectivity index (χ3v) is 5.54. The standard InChI is InChI=1S/C19H27N3O3S/c1-26-9-8-21-12-15(11-17(23)13-21)20-19(25)14-4-2-5-16(10-14)22-7-3-6-18(22)24/h2,4-5,10,15,17,23H,3,6-9,11-13H2,1H3,(H,20,25)/t15-,17+/m0/s1. The van der Waals surface area contributed by atoms with E-state index in [1.807, 2.05) is 12.1 Å². The second kappa shape index (κ2) is 8.88. The van der Waals surface area contributed by atoms with Gasteiger partial charge < -0.3 is 15.3 Å². The number of nitrogens with one attached hydrogen (secondary N) is 1. The van der Waals surface area contributed by atoms with Crippen LogP contribution in [-0.4, -0.2) is 72.2 Å². The molecule has 0 aliphatic carbocycles. The van der Waals surface area contributed by atoms with Crippen LogP contribution < -0.4 is 10.2 Å². The van der Waals surface area contributed by atoms with Crippen molar-refractivity contribution in [2.24, 2.45) is 0 Å². The van der Waals surface area contributed by atoms with Crippen LogP contribution in [0.25, 0.3) is 0 Å². The molecule has 26 heavy (non-hydrogen) atoms. The first kappa shape index (κ1) is 19.2. The number of hydrogen-bond acceptors (Lipinski definition) is 5. The Kier molecular flexibility index (Phi) is 6.56. The van der Waals surface area contributed by atoms with Crippen molar-refractivity contribution in [3.05, 3.63) is 29.8 Å². The van der Waals surface area contributed by atoms with Gasteiger partial charge in [-0.2, -0.15) is 11.8 Å². The molecule has 2 heterocycles. The number of β-amino-alcohol motifs (C(OH)–C–C–N with tert-alkyl or cyclic N) is 1. The number of benzene rings is 1. The third-order valence-electron chi connectivity index (χ3n) is 4.94. The molecule has 2 N–H and O–H groups in total. The lowest BCUT2D eigenvalue weighted by atomic mass is 10.0. The Morgan fingerprint density at radius 3 is 2.96 bits per heavy atom. The summed E-state index contributed by atoms with van der Waals surface area (Å²) in [5.74, 6) is 0.976. The maximum atomic E-state index is 12.7. The number of thioether (sulfide) groups is 1. The molecule has 2 atom stereocenters. The molecule has 0 spiro atoms. The van der Waals surface area contributed by atoms with Crippen molar-refractivity contribution in [3.63, 3.8) is 0 Å². The van der Waals surface area contributed by atoms with E-state index in [1.165, 1.54) is 0 Å². The van der Waals surface area contributed by atoms with Gasteiger partial charge in [0.05, 0.1) is 6.10 Å². The summed E-state index contributed by atoms with van der Waals surface area (Å²) in [6, 6.07) is 7.17. The molecule has 0 radical (unpaired) electrons. The molecule has 2 saturated heterocycles. The molecular formula is C19H27N3O3S. The maximum Gasteiger partial charge on any atom is 0.251 e. The smallest absolute Gasteiger partial charge is 0.251 e. The minimum absolute atomic E-state index is 0.0646. The van der Waals surface area contributed by atoms with E-state index in [4.69, 9.17) is 0 Å². The lowest BCUT2D eigenvalue weighted by Gasteiger charge is -2.36. The lowest BCUT2D eigenvalue weighted by molar-refractivity contribution is -0.117. The van der Waals surface area contributed by atoms with Gasteiger partial charge in [-0.15, -0.1) is 0 Å². The number of aliphatic hydroxyl groups is 1. The third kappa shape index (κ3) is 4.78. The molecular weight excluding hydrogens is 350 g/mol. The first-order valence-electron chi connectivity index (χ1n) is 9.17. The van der Waals surface area contributed by atoms with Crippen LogP contribution in [0.15, 0.2) is 24.3 Å². The van der Waals surface area contributed by atoms with Crippen molar-refractivity contribution in [1.82, 2.24) is 10.2 Å². The number of rotatable bonds is 6. The topological polar surface area (TPSA) is 72.9 Å². The zero-order valence-corrected chi connectivity index (χ0v) is 16.0. The SMILES string of the molecule is CSCCN1C[C@H](O)C[C@H](NC(=O)c2cccc(N3CCCC3=O)c2)C1. The van der Waals surface area contributed by atoms with E-state index >= 15 is 0 Å². The van der Waals surface area contributed by atoms with Crippen molar-refractivity contribution in [2.75, 3.05) is 43.1 Å². The van der Waals surface area contributed by atoms with Gasteiger partial charge in [-0.3, -0.25) is 14.5 Å². The molecule has 0 unspecified atom stereocenters. The van der Waals surface area contributed by atoms with E-state index in [0.717, 1.165) is 31.0 Å². The molecule has 0 aromatic heterocycles. The second-order valence-electron chi connectivity index (χ2n) is 7.01. The van der Waals surface area contributed by atoms with Crippen LogP contribution in [-0.2, 0) is 4.79 Å². The average molecular weight is 378 g/mol. The van der Waals surface area contributed by atoms with Crippen molar-refractivity contribution < 1.29 is 14.7 Å². The molecule has 7 heteroatoms. The molecule has 2 aliphatic heterocycles. The largest absolute Gasteiger partial charge is 0.392 e. The molecule has 1 aromatic rings. The second-order valence-corrected chi connectivity index (χ2v) is 8.00. The monoisotopic (exact) mass is 377 g/mol. The van der Waals surface area contributed by atoms with Crippen LogP contribution in [0.2, 0.25) is 0 Å². The van der Waals surface area contributed by atoms with Crippen LogP contribution in [0.1, 0.15) is 29.6 Å². The quantitative estimate of drug-likeness (QED) is 0.783. The van der Waals surface area contributed by atoms with Crippen LogP contribution in [0.3, 0.4) is 0 Å². The van der Waals surface area contributed by atoms with E-state index in [2.05, 4.69) is 16.5 Å². The predicted molar refractivity (Wildman–Crippen MR) is 105 cm³/mol. The summed E-state index contributed by atoms with van der Waals surface area (Å²) >= 11 is 1.78. The highest BCUT2D eigenvalue weighted by molar-refractivity contribution is 7.98. The number of likely N-dealkylation sites (tertiary alicyclic amines) is 1. The highest BCUT2D eigenvalue weighted by Gasteiger charge is 2.27. The van der Waals surface area contributed by atoms with Gasteiger partial charge in [0.1, 0.15) is 0 Å². The summed E-state index contributed by atoms with van der Waals surface area (Å²) in [5.41, 5.74) is 1.34. The number of nitrogens with zero attached hydrogens (tertiary/aromatic N) is 2. The fraction of sp³-hybridized carbons (Fsp3) is 0.579. The number of hydrogen-bond donors (Lipinski definition) is 2. The van der Waals surface area contributed by atoms with Gasteiger partial charge in [0, 0.05) is 55.6 Å². The zero-order valence-electron chi connectivity index (χ0n) is 15.2. The van der Waals surface area contributed by atoms with E-state index in [1.54, 1.807) is 28.8 Å². The van der Waals surface area contributed by atoms with Gasteiger partial charge in [0.15, 0.2) is 0 Å². The van der Waals surface area contributed by atoms with Gasteiger partial charge >= 0.3 is 0 Å². The maximum absolute atomic E-state index is 12.7. The summed E-state index contributed by atoms with van der Waals surface area (Å²) < 4.78 is 0. The lowest BCUT2D eigenvalue weighted by Crippen LogP contribution is -2.53. The molecule has 142 valence electrons. The Bertz CT molecular complexity index is 655. The number of aliphatic hydroxyl groups excluding tert-OH is 1. The fourth-order valence-corrected chi connectivity index (χ4v) is 4.11. The summed E-state index contributed by atoms with van der Waals surface area (Å²) in [6.45, 7) is 3.05. The van der Waals surface area contributed by atoms with E-state index in [0.29, 0.717) is 31.5 Å². The molecule has 2 aliphatic rings. The number of anilines is 1. The minimum atomic E-state index is -0.413. The zero-order chi connectivity index (χ0) is 18.5. The van der Waals surface area contributed by atoms with Crippen LogP contribution >= 0.6 is 11.8 Å². The van der Waals surface area contributed by atoms with Gasteiger partial charge in [-0.05, 0) is 37.3 Å². The van der Waals surface area contributed by atoms with Crippen molar-refractivity contribution in [3.8, 4) is 0 Å². The van der Waals surface area contributed by atoms with Crippen molar-refractivity contribution in [2.45, 2.75) is 31.4 Å². The molecule has 0 bridgehead atoms. The Balaban J connectivity index is 1.63. The van der Waals surface area contributed by atoms with Crippen LogP contribution in [0.4, 0.5) is 5.69 Å². The Morgan fingerprint density at radius 1 is 1.38 bits per heavy atom. The molecule has 0 saturated carbocycles. The first-order valence-corrected chi connectivity index (χ1v) is 10.6. The fourth-order valence-electron chi connectivity index (χ4n) is 3.67. The number of carbonyl (C=O) groups is 2. The Hall–Kier alpha value is -1.57. The highest BCUT2D eigenvalue weighted by Crippen LogP contribution is 2.22. The molecule has 2 amide bonds. The number of carbonyl (C=O) groups excluding carboxylic acids is 2. The summed E-state index contributed by atoms with van der Waals surface area (Å²) in [6.07, 6.45) is 3.66. The minimum Gasteiger partial charge on any atom is -0.392 e. The average Bonchev–Trinajstić information content (AvgIpc) is 3.05. The van der Waals surface area contributed by atoms with Crippen LogP contribution in [0, 0.1) is 0 Å².